The van der Waals surface area contributed by atoms with Gasteiger partial charge < -0.3 is 24.4 Å². The Balaban J connectivity index is 1.39. The lowest BCUT2D eigenvalue weighted by atomic mass is 10.1. The van der Waals surface area contributed by atoms with Crippen molar-refractivity contribution >= 4 is 23.0 Å². The Hall–Kier alpha value is -2.89. The third-order valence-corrected chi connectivity index (χ3v) is 5.89. The van der Waals surface area contributed by atoms with Crippen LogP contribution in [0.25, 0.3) is 0 Å². The monoisotopic (exact) mass is 452 g/mol. The SMILES string of the molecule is COc1cc(CNc2ccc(N3CCOCC3)cc2)c(Cl)cc1OCc1cccc(C)c1. The maximum atomic E-state index is 6.56. The highest BCUT2D eigenvalue weighted by Crippen LogP contribution is 2.34. The lowest BCUT2D eigenvalue weighted by Gasteiger charge is -2.29. The van der Waals surface area contributed by atoms with E-state index in [2.05, 4.69) is 53.5 Å². The minimum absolute atomic E-state index is 0.460. The van der Waals surface area contributed by atoms with E-state index in [1.165, 1.54) is 11.3 Å². The van der Waals surface area contributed by atoms with E-state index in [9.17, 15) is 0 Å². The number of aryl methyl sites for hydroxylation is 1. The largest absolute Gasteiger partial charge is 0.493 e. The molecule has 3 aromatic carbocycles. The highest BCUT2D eigenvalue weighted by atomic mass is 35.5. The number of hydrogen-bond acceptors (Lipinski definition) is 5. The van der Waals surface area contributed by atoms with E-state index in [0.717, 1.165) is 43.1 Å². The van der Waals surface area contributed by atoms with E-state index in [1.807, 2.05) is 24.3 Å². The van der Waals surface area contributed by atoms with E-state index < -0.39 is 0 Å². The highest BCUT2D eigenvalue weighted by molar-refractivity contribution is 6.31. The van der Waals surface area contributed by atoms with Crippen molar-refractivity contribution in [2.45, 2.75) is 20.1 Å². The number of benzene rings is 3. The van der Waals surface area contributed by atoms with Crippen LogP contribution in [-0.4, -0.2) is 33.4 Å². The second-order valence-electron chi connectivity index (χ2n) is 7.87. The number of methoxy groups -OCH3 is 1. The molecule has 0 aromatic heterocycles. The zero-order chi connectivity index (χ0) is 22.3. The summed E-state index contributed by atoms with van der Waals surface area (Å²) >= 11 is 6.56. The van der Waals surface area contributed by atoms with E-state index in [1.54, 1.807) is 7.11 Å². The first-order chi connectivity index (χ1) is 15.6. The first-order valence-electron chi connectivity index (χ1n) is 10.8. The molecule has 0 saturated carbocycles. The first kappa shape index (κ1) is 22.3. The van der Waals surface area contributed by atoms with Crippen LogP contribution in [0.2, 0.25) is 5.02 Å². The predicted octanol–water partition coefficient (Wildman–Crippen LogP) is 5.68. The van der Waals surface area contributed by atoms with Crippen LogP contribution in [0.4, 0.5) is 11.4 Å². The quantitative estimate of drug-likeness (QED) is 0.476. The molecule has 1 saturated heterocycles. The number of hydrogen-bond donors (Lipinski definition) is 1. The van der Waals surface area contributed by atoms with Crippen molar-refractivity contribution in [2.24, 2.45) is 0 Å². The molecule has 3 aromatic rings. The molecule has 0 aliphatic carbocycles. The van der Waals surface area contributed by atoms with Crippen molar-refractivity contribution in [3.05, 3.63) is 82.4 Å². The zero-order valence-electron chi connectivity index (χ0n) is 18.6. The van der Waals surface area contributed by atoms with Crippen molar-refractivity contribution in [2.75, 3.05) is 43.6 Å². The number of morpholine rings is 1. The second-order valence-corrected chi connectivity index (χ2v) is 8.28. The Morgan fingerprint density at radius 2 is 1.78 bits per heavy atom. The van der Waals surface area contributed by atoms with Gasteiger partial charge in [-0.05, 0) is 48.4 Å². The summed E-state index contributed by atoms with van der Waals surface area (Å²) in [6.07, 6.45) is 0. The molecule has 1 aliphatic heterocycles. The van der Waals surface area contributed by atoms with Crippen LogP contribution in [0.1, 0.15) is 16.7 Å². The summed E-state index contributed by atoms with van der Waals surface area (Å²) in [5.74, 6) is 1.30. The van der Waals surface area contributed by atoms with Crippen molar-refractivity contribution in [1.82, 2.24) is 0 Å². The molecule has 0 amide bonds. The lowest BCUT2D eigenvalue weighted by Crippen LogP contribution is -2.36. The summed E-state index contributed by atoms with van der Waals surface area (Å²) in [5, 5.41) is 4.08. The van der Waals surface area contributed by atoms with Gasteiger partial charge in [-0.2, -0.15) is 0 Å². The van der Waals surface area contributed by atoms with Gasteiger partial charge in [0.05, 0.1) is 20.3 Å². The number of ether oxygens (including phenoxy) is 3. The van der Waals surface area contributed by atoms with Gasteiger partial charge in [0.25, 0.3) is 0 Å². The smallest absolute Gasteiger partial charge is 0.163 e. The number of anilines is 2. The molecular formula is C26H29ClN2O3. The summed E-state index contributed by atoms with van der Waals surface area (Å²) in [7, 11) is 1.64. The second kappa shape index (κ2) is 10.6. The molecule has 1 heterocycles. The van der Waals surface area contributed by atoms with E-state index in [-0.39, 0.29) is 0 Å². The normalized spacial score (nSPS) is 13.7. The summed E-state index contributed by atoms with van der Waals surface area (Å²) in [6, 6.07) is 20.5. The van der Waals surface area contributed by atoms with Gasteiger partial charge in [-0.15, -0.1) is 0 Å². The van der Waals surface area contributed by atoms with E-state index in [0.29, 0.717) is 29.7 Å². The van der Waals surface area contributed by atoms with Gasteiger partial charge in [-0.25, -0.2) is 0 Å². The number of rotatable bonds is 8. The molecule has 6 heteroatoms. The lowest BCUT2D eigenvalue weighted by molar-refractivity contribution is 0.122. The summed E-state index contributed by atoms with van der Waals surface area (Å²) in [4.78, 5) is 2.34. The van der Waals surface area contributed by atoms with Gasteiger partial charge in [-0.3, -0.25) is 0 Å². The molecular weight excluding hydrogens is 424 g/mol. The molecule has 0 bridgehead atoms. The first-order valence-corrected chi connectivity index (χ1v) is 11.2. The van der Waals surface area contributed by atoms with E-state index in [4.69, 9.17) is 25.8 Å². The topological polar surface area (TPSA) is 43.0 Å². The fraction of sp³-hybridized carbons (Fsp3) is 0.308. The van der Waals surface area contributed by atoms with Gasteiger partial charge in [-0.1, -0.05) is 41.4 Å². The summed E-state index contributed by atoms with van der Waals surface area (Å²) < 4.78 is 17.0. The predicted molar refractivity (Wildman–Crippen MR) is 130 cm³/mol. The van der Waals surface area contributed by atoms with Crippen LogP contribution in [0.15, 0.2) is 60.7 Å². The standard InChI is InChI=1S/C26H29ClN2O3/c1-19-4-3-5-20(14-19)18-32-26-16-24(27)21(15-25(26)30-2)17-28-22-6-8-23(9-7-22)29-10-12-31-13-11-29/h3-9,14-16,28H,10-13,17-18H2,1-2H3. The minimum atomic E-state index is 0.460. The fourth-order valence-electron chi connectivity index (χ4n) is 3.76. The van der Waals surface area contributed by atoms with Gasteiger partial charge in [0, 0.05) is 42.1 Å². The fourth-order valence-corrected chi connectivity index (χ4v) is 3.98. The maximum absolute atomic E-state index is 6.56. The van der Waals surface area contributed by atoms with Gasteiger partial charge in [0.2, 0.25) is 0 Å². The Morgan fingerprint density at radius 1 is 1.00 bits per heavy atom. The van der Waals surface area contributed by atoms with Crippen LogP contribution in [0.5, 0.6) is 11.5 Å². The molecule has 4 rings (SSSR count). The highest BCUT2D eigenvalue weighted by Gasteiger charge is 2.13. The van der Waals surface area contributed by atoms with Gasteiger partial charge in [0.15, 0.2) is 11.5 Å². The molecule has 1 fully saturated rings. The average Bonchev–Trinajstić information content (AvgIpc) is 2.83. The van der Waals surface area contributed by atoms with Crippen molar-refractivity contribution in [1.29, 1.82) is 0 Å². The maximum Gasteiger partial charge on any atom is 0.163 e. The minimum Gasteiger partial charge on any atom is -0.493 e. The van der Waals surface area contributed by atoms with Crippen LogP contribution in [-0.2, 0) is 17.9 Å². The Morgan fingerprint density at radius 3 is 2.50 bits per heavy atom. The Bertz CT molecular complexity index is 1030. The number of nitrogens with zero attached hydrogens (tertiary/aromatic N) is 1. The van der Waals surface area contributed by atoms with Gasteiger partial charge in [0.1, 0.15) is 6.61 Å². The number of halogens is 1. The summed E-state index contributed by atoms with van der Waals surface area (Å²) in [5.41, 5.74) is 5.51. The van der Waals surface area contributed by atoms with Crippen LogP contribution >= 0.6 is 11.6 Å². The van der Waals surface area contributed by atoms with Crippen molar-refractivity contribution in [3.63, 3.8) is 0 Å². The van der Waals surface area contributed by atoms with E-state index >= 15 is 0 Å². The number of nitrogens with one attached hydrogen (secondary N) is 1. The Labute approximate surface area is 194 Å². The summed E-state index contributed by atoms with van der Waals surface area (Å²) in [6.45, 7) is 6.54. The molecule has 5 nitrogen and oxygen atoms in total. The average molecular weight is 453 g/mol. The third kappa shape index (κ3) is 5.67. The zero-order valence-corrected chi connectivity index (χ0v) is 19.3. The molecule has 0 unspecified atom stereocenters. The molecule has 0 spiro atoms. The van der Waals surface area contributed by atoms with Crippen LogP contribution in [0.3, 0.4) is 0 Å². The molecule has 0 atom stereocenters. The van der Waals surface area contributed by atoms with Crippen LogP contribution in [0, 0.1) is 6.92 Å². The molecule has 32 heavy (non-hydrogen) atoms. The third-order valence-electron chi connectivity index (χ3n) is 5.54. The molecule has 1 aliphatic rings. The van der Waals surface area contributed by atoms with Crippen LogP contribution < -0.4 is 19.7 Å². The van der Waals surface area contributed by atoms with Crippen molar-refractivity contribution in [3.8, 4) is 11.5 Å². The van der Waals surface area contributed by atoms with Crippen molar-refractivity contribution < 1.29 is 14.2 Å². The molecule has 1 N–H and O–H groups in total. The molecule has 168 valence electrons. The molecule has 0 radical (unpaired) electrons. The van der Waals surface area contributed by atoms with Gasteiger partial charge >= 0.3 is 0 Å². The Kier molecular flexibility index (Phi) is 7.40.